The number of carbonyl (C=O) groups is 2. The maximum absolute atomic E-state index is 13.6. The molecule has 27 heavy (non-hydrogen) atoms. The summed E-state index contributed by atoms with van der Waals surface area (Å²) in [6.07, 6.45) is 3.58. The van der Waals surface area contributed by atoms with Crippen molar-refractivity contribution in [1.29, 1.82) is 0 Å². The second-order valence-corrected chi connectivity index (χ2v) is 5.63. The van der Waals surface area contributed by atoms with Gasteiger partial charge in [-0.15, -0.1) is 13.2 Å². The van der Waals surface area contributed by atoms with Gasteiger partial charge in [-0.05, 0) is 33.4 Å². The maximum Gasteiger partial charge on any atom is 0.347 e. The minimum Gasteiger partial charge on any atom is -0.458 e. The van der Waals surface area contributed by atoms with Gasteiger partial charge in [-0.25, -0.2) is 9.18 Å². The normalized spacial score (nSPS) is 12.8. The summed E-state index contributed by atoms with van der Waals surface area (Å²) < 4.78 is 23.7. The molecule has 2 atom stereocenters. The van der Waals surface area contributed by atoms with Crippen LogP contribution in [0.4, 0.5) is 4.39 Å². The fourth-order valence-electron chi connectivity index (χ4n) is 1.69. The predicted molar refractivity (Wildman–Crippen MR) is 110 cm³/mol. The fourth-order valence-corrected chi connectivity index (χ4v) is 1.69. The van der Waals surface area contributed by atoms with E-state index in [4.69, 9.17) is 9.47 Å². The highest BCUT2D eigenvalue weighted by molar-refractivity contribution is 5.81. The zero-order valence-corrected chi connectivity index (χ0v) is 17.6. The van der Waals surface area contributed by atoms with Crippen LogP contribution < -0.4 is 5.32 Å². The number of rotatable bonds is 10. The molecule has 2 unspecified atom stereocenters. The van der Waals surface area contributed by atoms with Crippen LogP contribution in [0.5, 0.6) is 0 Å². The predicted octanol–water partition coefficient (Wildman–Crippen LogP) is 4.31. The molecule has 0 spiro atoms. The zero-order valence-electron chi connectivity index (χ0n) is 17.6. The van der Waals surface area contributed by atoms with Gasteiger partial charge in [0, 0.05) is 6.42 Å². The Kier molecular flexibility index (Phi) is 18.8. The standard InChI is InChI=1S/C17H26FNO4.C2H6.C2H4/c1-7-9-13(8-2)11-22-15(20)12(3)23-16(21)14(19-6)10-17(4,5)18;2*1-2/h7-9,12,14,19H,1-2,10-11H2,3-6H3;1-2H3;1-2H2/b13-9+;;. The Labute approximate surface area is 164 Å². The molecule has 0 saturated carbocycles. The Morgan fingerprint density at radius 3 is 2.07 bits per heavy atom. The first kappa shape index (κ1) is 29.5. The van der Waals surface area contributed by atoms with Crippen molar-refractivity contribution in [3.05, 3.63) is 50.1 Å². The number of nitrogens with one attached hydrogen (secondary N) is 1. The molecule has 1 N–H and O–H groups in total. The molecule has 0 rings (SSSR count). The Hall–Kier alpha value is -2.21. The number of allylic oxidation sites excluding steroid dienone is 2. The highest BCUT2D eigenvalue weighted by Crippen LogP contribution is 2.17. The van der Waals surface area contributed by atoms with E-state index >= 15 is 0 Å². The van der Waals surface area contributed by atoms with Gasteiger partial charge < -0.3 is 14.8 Å². The summed E-state index contributed by atoms with van der Waals surface area (Å²) in [5.41, 5.74) is -0.871. The third kappa shape index (κ3) is 15.7. The molecule has 0 aliphatic rings. The minimum absolute atomic E-state index is 0.00319. The molecule has 5 nitrogen and oxygen atoms in total. The Bertz CT molecular complexity index is 481. The van der Waals surface area contributed by atoms with Crippen LogP contribution in [0.2, 0.25) is 0 Å². The lowest BCUT2D eigenvalue weighted by Crippen LogP contribution is -2.42. The quantitative estimate of drug-likeness (QED) is 0.345. The summed E-state index contributed by atoms with van der Waals surface area (Å²) >= 11 is 0. The summed E-state index contributed by atoms with van der Waals surface area (Å²) in [5, 5.41) is 2.68. The monoisotopic (exact) mass is 385 g/mol. The number of likely N-dealkylation sites (N-methyl/N-ethyl adjacent to an activating group) is 1. The SMILES string of the molecule is C=C.C=C/C=C(\C=C)COC(=O)C(C)OC(=O)C(CC(C)(C)F)NC.CC. The van der Waals surface area contributed by atoms with E-state index in [1.807, 2.05) is 13.8 Å². The van der Waals surface area contributed by atoms with Crippen LogP contribution in [-0.4, -0.2) is 43.4 Å². The molecule has 0 radical (unpaired) electrons. The summed E-state index contributed by atoms with van der Waals surface area (Å²) in [5.74, 6) is -1.39. The van der Waals surface area contributed by atoms with Crippen molar-refractivity contribution in [2.75, 3.05) is 13.7 Å². The van der Waals surface area contributed by atoms with E-state index in [-0.39, 0.29) is 13.0 Å². The number of ether oxygens (including phenoxy) is 2. The number of hydrogen-bond donors (Lipinski definition) is 1. The van der Waals surface area contributed by atoms with Crippen molar-refractivity contribution in [2.24, 2.45) is 0 Å². The average molecular weight is 386 g/mol. The number of carbonyl (C=O) groups excluding carboxylic acids is 2. The van der Waals surface area contributed by atoms with Crippen molar-refractivity contribution in [3.8, 4) is 0 Å². The first-order valence-corrected chi connectivity index (χ1v) is 8.82. The molecule has 6 heteroatoms. The van der Waals surface area contributed by atoms with E-state index in [0.717, 1.165) is 0 Å². The van der Waals surface area contributed by atoms with Gasteiger partial charge in [-0.3, -0.25) is 4.79 Å². The van der Waals surface area contributed by atoms with Gasteiger partial charge in [0.15, 0.2) is 6.10 Å². The van der Waals surface area contributed by atoms with Gasteiger partial charge in [0.05, 0.1) is 0 Å². The number of alkyl halides is 1. The lowest BCUT2D eigenvalue weighted by molar-refractivity contribution is -0.167. The highest BCUT2D eigenvalue weighted by atomic mass is 19.1. The second-order valence-electron chi connectivity index (χ2n) is 5.63. The number of esters is 2. The fraction of sp³-hybridized carbons (Fsp3) is 0.524. The van der Waals surface area contributed by atoms with Crippen molar-refractivity contribution < 1.29 is 23.5 Å². The van der Waals surface area contributed by atoms with E-state index in [9.17, 15) is 14.0 Å². The van der Waals surface area contributed by atoms with Crippen LogP contribution in [0.25, 0.3) is 0 Å². The number of hydrogen-bond acceptors (Lipinski definition) is 5. The zero-order chi connectivity index (χ0) is 22.0. The third-order valence-corrected chi connectivity index (χ3v) is 2.92. The van der Waals surface area contributed by atoms with Crippen LogP contribution in [0.3, 0.4) is 0 Å². The van der Waals surface area contributed by atoms with Gasteiger partial charge in [0.1, 0.15) is 18.3 Å². The molecule has 0 saturated heterocycles. The molecule has 0 heterocycles. The van der Waals surface area contributed by atoms with Gasteiger partial charge in [-0.2, -0.15) is 0 Å². The molecule has 156 valence electrons. The molecule has 0 aliphatic carbocycles. The summed E-state index contributed by atoms with van der Waals surface area (Å²) in [6, 6.07) is -0.838. The summed E-state index contributed by atoms with van der Waals surface area (Å²) in [7, 11) is 1.52. The van der Waals surface area contributed by atoms with Crippen LogP contribution in [0, 0.1) is 0 Å². The van der Waals surface area contributed by atoms with Crippen LogP contribution in [0.1, 0.15) is 41.0 Å². The average Bonchev–Trinajstić information content (AvgIpc) is 2.65. The molecule has 0 aliphatic heterocycles. The van der Waals surface area contributed by atoms with E-state index in [2.05, 4.69) is 31.6 Å². The van der Waals surface area contributed by atoms with Crippen LogP contribution >= 0.6 is 0 Å². The largest absolute Gasteiger partial charge is 0.458 e. The lowest BCUT2D eigenvalue weighted by atomic mass is 10.0. The van der Waals surface area contributed by atoms with Gasteiger partial charge in [-0.1, -0.05) is 45.2 Å². The van der Waals surface area contributed by atoms with E-state index in [1.165, 1.54) is 33.9 Å². The molecule has 0 aromatic carbocycles. The third-order valence-electron chi connectivity index (χ3n) is 2.92. The molecular weight excluding hydrogens is 349 g/mol. The van der Waals surface area contributed by atoms with Crippen molar-refractivity contribution in [2.45, 2.75) is 58.9 Å². The highest BCUT2D eigenvalue weighted by Gasteiger charge is 2.30. The first-order valence-electron chi connectivity index (χ1n) is 8.82. The summed E-state index contributed by atoms with van der Waals surface area (Å²) in [6.45, 7) is 21.3. The Morgan fingerprint density at radius 2 is 1.70 bits per heavy atom. The van der Waals surface area contributed by atoms with E-state index < -0.39 is 29.8 Å². The first-order chi connectivity index (χ1) is 12.6. The van der Waals surface area contributed by atoms with Crippen molar-refractivity contribution >= 4 is 11.9 Å². The smallest absolute Gasteiger partial charge is 0.347 e. The lowest BCUT2D eigenvalue weighted by Gasteiger charge is -2.22. The van der Waals surface area contributed by atoms with Gasteiger partial charge in [0.25, 0.3) is 0 Å². The molecule has 0 aromatic rings. The maximum atomic E-state index is 13.6. The van der Waals surface area contributed by atoms with E-state index in [0.29, 0.717) is 5.57 Å². The molecule has 0 fully saturated rings. The van der Waals surface area contributed by atoms with Gasteiger partial charge >= 0.3 is 11.9 Å². The second kappa shape index (κ2) is 17.2. The van der Waals surface area contributed by atoms with Crippen LogP contribution in [-0.2, 0) is 19.1 Å². The number of halogens is 1. The minimum atomic E-state index is -1.54. The van der Waals surface area contributed by atoms with Crippen molar-refractivity contribution in [3.63, 3.8) is 0 Å². The Morgan fingerprint density at radius 1 is 1.19 bits per heavy atom. The Balaban J connectivity index is -0.00000134. The van der Waals surface area contributed by atoms with Gasteiger partial charge in [0.2, 0.25) is 0 Å². The molecule has 0 amide bonds. The molecular formula is C21H36FNO4. The van der Waals surface area contributed by atoms with Crippen LogP contribution in [0.15, 0.2) is 50.1 Å². The van der Waals surface area contributed by atoms with E-state index in [1.54, 1.807) is 12.2 Å². The topological polar surface area (TPSA) is 64.6 Å². The molecule has 0 bridgehead atoms. The van der Waals surface area contributed by atoms with Crippen molar-refractivity contribution in [1.82, 2.24) is 5.32 Å². The molecule has 0 aromatic heterocycles. The summed E-state index contributed by atoms with van der Waals surface area (Å²) in [4.78, 5) is 23.8.